The number of nitrogens with zero attached hydrogens (tertiary/aromatic N) is 1. The first-order valence-corrected chi connectivity index (χ1v) is 2.05. The van der Waals surface area contributed by atoms with Crippen LogP contribution in [0.5, 0.6) is 0 Å². The summed E-state index contributed by atoms with van der Waals surface area (Å²) in [6.45, 7) is 6.03. The third-order valence-electron chi connectivity index (χ3n) is 0.447. The summed E-state index contributed by atoms with van der Waals surface area (Å²) in [5.41, 5.74) is 0. The van der Waals surface area contributed by atoms with Crippen molar-refractivity contribution >= 4 is 0 Å². The van der Waals surface area contributed by atoms with E-state index in [2.05, 4.69) is 5.32 Å². The molecule has 0 fully saturated rings. The van der Waals surface area contributed by atoms with E-state index in [9.17, 15) is 0 Å². The predicted octanol–water partition coefficient (Wildman–Crippen LogP) is 2.30. The molecule has 0 aromatic heterocycles. The Morgan fingerprint density at radius 1 is 1.00 bits per heavy atom. The van der Waals surface area contributed by atoms with Gasteiger partial charge in [0.05, 0.1) is 0 Å². The van der Waals surface area contributed by atoms with Crippen LogP contribution in [-0.4, -0.2) is 13.1 Å². The molecule has 0 aromatic rings. The van der Waals surface area contributed by atoms with Crippen molar-refractivity contribution in [3.63, 3.8) is 0 Å². The minimum absolute atomic E-state index is 0. The number of rotatable bonds is 2. The van der Waals surface area contributed by atoms with Crippen molar-refractivity contribution in [1.82, 2.24) is 0 Å². The van der Waals surface area contributed by atoms with Crippen LogP contribution in [0, 0.1) is 14.9 Å². The second-order valence-corrected chi connectivity index (χ2v) is 0.856. The van der Waals surface area contributed by atoms with Gasteiger partial charge in [0.1, 0.15) is 0 Å². The molecule has 8 heavy (non-hydrogen) atoms. The molecule has 0 bridgehead atoms. The van der Waals surface area contributed by atoms with Crippen LogP contribution in [-0.2, 0) is 26.2 Å². The zero-order valence-electron chi connectivity index (χ0n) is 6.36. The number of hydrogen-bond acceptors (Lipinski definition) is 0. The van der Waals surface area contributed by atoms with Gasteiger partial charge in [-0.2, -0.15) is 13.1 Å². The van der Waals surface area contributed by atoms with Gasteiger partial charge in [0.25, 0.3) is 0 Å². The first-order chi connectivity index (χ1) is 2.41. The average molecular weight is 193 g/mol. The maximum absolute atomic E-state index is 3.97. The van der Waals surface area contributed by atoms with Gasteiger partial charge in [-0.25, -0.2) is 0 Å². The first-order valence-electron chi connectivity index (χ1n) is 2.05. The second kappa shape index (κ2) is 24.9. The molecule has 0 unspecified atom stereocenters. The smallest absolute Gasteiger partial charge is 0.663 e. The van der Waals surface area contributed by atoms with Crippen LogP contribution in [0.15, 0.2) is 0 Å². The van der Waals surface area contributed by atoms with E-state index < -0.39 is 0 Å². The van der Waals surface area contributed by atoms with Crippen LogP contribution in [0.4, 0.5) is 0 Å². The van der Waals surface area contributed by atoms with Crippen molar-refractivity contribution in [3.8, 4) is 0 Å². The van der Waals surface area contributed by atoms with Gasteiger partial charge in [-0.1, -0.05) is 13.8 Å². The summed E-state index contributed by atoms with van der Waals surface area (Å²) in [7, 11) is 0. The molecule has 0 heterocycles. The largest absolute Gasteiger partial charge is 3.00 e. The van der Waals surface area contributed by atoms with Crippen molar-refractivity contribution in [1.29, 1.82) is 0 Å². The van der Waals surface area contributed by atoms with Crippen molar-refractivity contribution in [3.05, 3.63) is 20.2 Å². The maximum Gasteiger partial charge on any atom is 3.00 e. The molecule has 0 saturated heterocycles. The molecular formula is C6H16NZr. The van der Waals surface area contributed by atoms with Crippen LogP contribution >= 0.6 is 0 Å². The third kappa shape index (κ3) is 28.9. The van der Waals surface area contributed by atoms with Crippen molar-refractivity contribution in [2.75, 3.05) is 13.1 Å². The normalized spacial score (nSPS) is 5.25. The van der Waals surface area contributed by atoms with Crippen LogP contribution in [0.25, 0.3) is 5.32 Å². The summed E-state index contributed by atoms with van der Waals surface area (Å²) in [5, 5.41) is 3.97. The monoisotopic (exact) mass is 192 g/mol. The molecule has 49 valence electrons. The van der Waals surface area contributed by atoms with E-state index in [1.807, 2.05) is 13.8 Å². The average Bonchev–Trinajstić information content (AvgIpc) is 1.41. The van der Waals surface area contributed by atoms with Crippen LogP contribution in [0.3, 0.4) is 0 Å². The van der Waals surface area contributed by atoms with Gasteiger partial charge in [-0.3, -0.25) is 0 Å². The fourth-order valence-electron chi connectivity index (χ4n) is 0.224. The fraction of sp³-hybridized carbons (Fsp3) is 0.667. The van der Waals surface area contributed by atoms with Crippen LogP contribution in [0.2, 0.25) is 0 Å². The summed E-state index contributed by atoms with van der Waals surface area (Å²) in [6, 6.07) is 0. The second-order valence-electron chi connectivity index (χ2n) is 0.856. The Labute approximate surface area is 73.4 Å². The summed E-state index contributed by atoms with van der Waals surface area (Å²) in [4.78, 5) is 0. The van der Waals surface area contributed by atoms with E-state index in [0.717, 1.165) is 13.1 Å². The summed E-state index contributed by atoms with van der Waals surface area (Å²) in [6.07, 6.45) is 0. The van der Waals surface area contributed by atoms with Gasteiger partial charge >= 0.3 is 26.2 Å². The quantitative estimate of drug-likeness (QED) is 0.598. The van der Waals surface area contributed by atoms with E-state index in [0.29, 0.717) is 0 Å². The molecule has 0 aliphatic heterocycles. The summed E-state index contributed by atoms with van der Waals surface area (Å²) < 4.78 is 0. The van der Waals surface area contributed by atoms with Crippen molar-refractivity contribution < 1.29 is 26.2 Å². The van der Waals surface area contributed by atoms with E-state index in [4.69, 9.17) is 0 Å². The Morgan fingerprint density at radius 2 is 1.25 bits per heavy atom. The minimum Gasteiger partial charge on any atom is -0.663 e. The van der Waals surface area contributed by atoms with Gasteiger partial charge in [0.15, 0.2) is 0 Å². The number of hydrogen-bond donors (Lipinski definition) is 0. The van der Waals surface area contributed by atoms with Crippen molar-refractivity contribution in [2.45, 2.75) is 13.8 Å². The molecular weight excluding hydrogens is 177 g/mol. The van der Waals surface area contributed by atoms with E-state index in [1.54, 1.807) is 0 Å². The molecule has 0 rings (SSSR count). The molecule has 0 spiro atoms. The Balaban J connectivity index is -0.0000000267. The minimum atomic E-state index is 0. The van der Waals surface area contributed by atoms with Gasteiger partial charge in [0, 0.05) is 0 Å². The van der Waals surface area contributed by atoms with Gasteiger partial charge in [-0.15, -0.1) is 0 Å². The maximum atomic E-state index is 3.97. The molecule has 0 aliphatic carbocycles. The molecule has 1 nitrogen and oxygen atoms in total. The summed E-state index contributed by atoms with van der Waals surface area (Å²) >= 11 is 0. The predicted molar refractivity (Wildman–Crippen MR) is 37.3 cm³/mol. The third-order valence-corrected chi connectivity index (χ3v) is 0.447. The van der Waals surface area contributed by atoms with Gasteiger partial charge in [-0.05, 0) is 0 Å². The van der Waals surface area contributed by atoms with E-state index in [-0.39, 0.29) is 41.1 Å². The molecule has 0 atom stereocenters. The molecule has 0 aliphatic rings. The van der Waals surface area contributed by atoms with Gasteiger partial charge in [0.2, 0.25) is 0 Å². The van der Waals surface area contributed by atoms with Crippen LogP contribution in [0.1, 0.15) is 13.8 Å². The first kappa shape index (κ1) is 23.2. The molecule has 0 aromatic carbocycles. The molecule has 0 saturated carbocycles. The Kier molecular flexibility index (Phi) is 72.1. The standard InChI is InChI=1S/C4H10N.2CH3.Zr/c1-3-5-4-2;;;/h3-4H2,1-2H3;2*1H3;/q3*-1;+3. The fourth-order valence-corrected chi connectivity index (χ4v) is 0.224. The molecule has 1 radical (unpaired) electrons. The van der Waals surface area contributed by atoms with E-state index in [1.165, 1.54) is 0 Å². The Hall–Kier alpha value is 0.843. The van der Waals surface area contributed by atoms with Crippen molar-refractivity contribution in [2.24, 2.45) is 0 Å². The molecule has 2 heteroatoms. The summed E-state index contributed by atoms with van der Waals surface area (Å²) in [5.74, 6) is 0. The SMILES string of the molecule is CC[N-]CC.[CH3-].[CH3-].[Zr+3]. The van der Waals surface area contributed by atoms with Gasteiger partial charge < -0.3 is 20.2 Å². The van der Waals surface area contributed by atoms with Crippen LogP contribution < -0.4 is 0 Å². The Bertz CT molecular complexity index is 16.0. The Morgan fingerprint density at radius 3 is 1.25 bits per heavy atom. The molecule has 0 amide bonds. The zero-order chi connectivity index (χ0) is 4.12. The van der Waals surface area contributed by atoms with E-state index >= 15 is 0 Å². The molecule has 0 N–H and O–H groups in total. The zero-order valence-corrected chi connectivity index (χ0v) is 8.82. The topological polar surface area (TPSA) is 14.1 Å².